The maximum absolute atomic E-state index is 13.5. The molecule has 0 radical (unpaired) electrons. The topological polar surface area (TPSA) is 105 Å². The van der Waals surface area contributed by atoms with Crippen molar-refractivity contribution in [2.75, 3.05) is 23.4 Å². The fraction of sp³-hybridized carbons (Fsp3) is 0.258. The van der Waals surface area contributed by atoms with Crippen molar-refractivity contribution in [3.63, 3.8) is 0 Å². The number of ketones is 1. The van der Waals surface area contributed by atoms with Gasteiger partial charge in [-0.25, -0.2) is 0 Å². The summed E-state index contributed by atoms with van der Waals surface area (Å²) < 4.78 is 11.4. The molecule has 2 amide bonds. The standard InChI is InChI=1S/C31H32N2O6/c1-5-20-8-10-21(11-9-20)28-27(29(35)25-17-16-24(38-6-2)18-26(25)39-7-3)30(36)31(37)33(28)23-14-12-22(13-15-23)32-19(4)34/h8-18,28,35H,5-7H2,1-4H3,(H,32,34)/b29-27-. The Balaban J connectivity index is 1.89. The summed E-state index contributed by atoms with van der Waals surface area (Å²) in [7, 11) is 0. The minimum Gasteiger partial charge on any atom is -0.507 e. The van der Waals surface area contributed by atoms with Crippen molar-refractivity contribution in [3.8, 4) is 11.5 Å². The Kier molecular flexibility index (Phi) is 8.34. The molecule has 8 heteroatoms. The Morgan fingerprint density at radius 1 is 0.923 bits per heavy atom. The van der Waals surface area contributed by atoms with E-state index in [1.807, 2.05) is 45.0 Å². The Morgan fingerprint density at radius 3 is 2.18 bits per heavy atom. The molecule has 0 spiro atoms. The molecule has 0 bridgehead atoms. The van der Waals surface area contributed by atoms with Crippen LogP contribution in [-0.4, -0.2) is 35.9 Å². The van der Waals surface area contributed by atoms with Crippen LogP contribution in [0.5, 0.6) is 11.5 Å². The van der Waals surface area contributed by atoms with Crippen molar-refractivity contribution >= 4 is 34.7 Å². The number of carbonyl (C=O) groups is 3. The molecule has 1 aliphatic rings. The molecule has 8 nitrogen and oxygen atoms in total. The Morgan fingerprint density at radius 2 is 1.59 bits per heavy atom. The average Bonchev–Trinajstić information content (AvgIpc) is 3.19. The zero-order valence-corrected chi connectivity index (χ0v) is 22.5. The molecule has 0 saturated carbocycles. The minimum absolute atomic E-state index is 0.0414. The number of benzene rings is 3. The molecule has 0 aliphatic carbocycles. The van der Waals surface area contributed by atoms with Gasteiger partial charge in [0.05, 0.1) is 30.4 Å². The molecular formula is C31H32N2O6. The molecule has 3 aromatic carbocycles. The summed E-state index contributed by atoms with van der Waals surface area (Å²) in [6.45, 7) is 7.91. The number of aliphatic hydroxyl groups excluding tert-OH is 1. The lowest BCUT2D eigenvalue weighted by Crippen LogP contribution is -2.29. The van der Waals surface area contributed by atoms with Crippen LogP contribution in [0.1, 0.15) is 50.4 Å². The second-order valence-corrected chi connectivity index (χ2v) is 9.02. The van der Waals surface area contributed by atoms with Gasteiger partial charge < -0.3 is 19.9 Å². The zero-order valence-electron chi connectivity index (χ0n) is 22.5. The van der Waals surface area contributed by atoms with Crippen LogP contribution in [0.25, 0.3) is 5.76 Å². The second kappa shape index (κ2) is 11.9. The number of hydrogen-bond donors (Lipinski definition) is 2. The van der Waals surface area contributed by atoms with E-state index >= 15 is 0 Å². The molecule has 1 unspecified atom stereocenters. The van der Waals surface area contributed by atoms with Gasteiger partial charge in [0.15, 0.2) is 0 Å². The minimum atomic E-state index is -0.886. The lowest BCUT2D eigenvalue weighted by Gasteiger charge is -2.26. The Hall–Kier alpha value is -4.59. The van der Waals surface area contributed by atoms with Gasteiger partial charge in [0.25, 0.3) is 11.7 Å². The van der Waals surface area contributed by atoms with Gasteiger partial charge in [0.1, 0.15) is 17.3 Å². The fourth-order valence-corrected chi connectivity index (χ4v) is 4.63. The van der Waals surface area contributed by atoms with Crippen molar-refractivity contribution in [1.82, 2.24) is 0 Å². The highest BCUT2D eigenvalue weighted by molar-refractivity contribution is 6.51. The first-order chi connectivity index (χ1) is 18.8. The van der Waals surface area contributed by atoms with E-state index in [0.717, 1.165) is 12.0 Å². The number of Topliss-reactive ketones (excluding diaryl/α,β-unsaturated/α-hetero) is 1. The van der Waals surface area contributed by atoms with Crippen molar-refractivity contribution in [1.29, 1.82) is 0 Å². The lowest BCUT2D eigenvalue weighted by atomic mass is 9.94. The van der Waals surface area contributed by atoms with Crippen LogP contribution in [-0.2, 0) is 20.8 Å². The first-order valence-electron chi connectivity index (χ1n) is 13.0. The number of anilines is 2. The van der Waals surface area contributed by atoms with Crippen molar-refractivity contribution in [3.05, 3.63) is 89.0 Å². The van der Waals surface area contributed by atoms with E-state index in [1.165, 1.54) is 11.8 Å². The molecule has 1 aliphatic heterocycles. The average molecular weight is 529 g/mol. The van der Waals surface area contributed by atoms with Gasteiger partial charge >= 0.3 is 0 Å². The van der Waals surface area contributed by atoms with E-state index < -0.39 is 17.7 Å². The SMILES string of the molecule is CCOc1ccc(/C(O)=C2/C(=O)C(=O)N(c3ccc(NC(C)=O)cc3)C2c2ccc(CC)cc2)c(OCC)c1. The number of nitrogens with one attached hydrogen (secondary N) is 1. The number of amides is 2. The predicted molar refractivity (Wildman–Crippen MR) is 150 cm³/mol. The van der Waals surface area contributed by atoms with Gasteiger partial charge in [-0.3, -0.25) is 19.3 Å². The van der Waals surface area contributed by atoms with Crippen molar-refractivity contribution in [2.24, 2.45) is 0 Å². The maximum atomic E-state index is 13.5. The summed E-state index contributed by atoms with van der Waals surface area (Å²) >= 11 is 0. The van der Waals surface area contributed by atoms with Crippen molar-refractivity contribution in [2.45, 2.75) is 40.2 Å². The van der Waals surface area contributed by atoms with E-state index in [0.29, 0.717) is 41.7 Å². The van der Waals surface area contributed by atoms with Crippen LogP contribution in [0.15, 0.2) is 72.3 Å². The molecule has 1 atom stereocenters. The number of rotatable bonds is 9. The fourth-order valence-electron chi connectivity index (χ4n) is 4.63. The molecule has 202 valence electrons. The quantitative estimate of drug-likeness (QED) is 0.212. The highest BCUT2D eigenvalue weighted by Crippen LogP contribution is 2.44. The van der Waals surface area contributed by atoms with Gasteiger partial charge in [-0.15, -0.1) is 0 Å². The first-order valence-corrected chi connectivity index (χ1v) is 13.0. The number of aryl methyl sites for hydroxylation is 1. The zero-order chi connectivity index (χ0) is 28.1. The first kappa shape index (κ1) is 27.4. The third-order valence-electron chi connectivity index (χ3n) is 6.43. The summed E-state index contributed by atoms with van der Waals surface area (Å²) in [4.78, 5) is 39.8. The number of ether oxygens (including phenoxy) is 2. The highest BCUT2D eigenvalue weighted by Gasteiger charge is 2.47. The molecular weight excluding hydrogens is 496 g/mol. The number of nitrogens with zero attached hydrogens (tertiary/aromatic N) is 1. The second-order valence-electron chi connectivity index (χ2n) is 9.02. The monoisotopic (exact) mass is 528 g/mol. The number of carbonyl (C=O) groups excluding carboxylic acids is 3. The normalized spacial score (nSPS) is 16.3. The van der Waals surface area contributed by atoms with Gasteiger partial charge in [-0.2, -0.15) is 0 Å². The van der Waals surface area contributed by atoms with Crippen LogP contribution in [0.4, 0.5) is 11.4 Å². The van der Waals surface area contributed by atoms with E-state index in [-0.39, 0.29) is 22.8 Å². The summed E-state index contributed by atoms with van der Waals surface area (Å²) in [5.74, 6) is -1.23. The van der Waals surface area contributed by atoms with E-state index in [4.69, 9.17) is 9.47 Å². The third-order valence-corrected chi connectivity index (χ3v) is 6.43. The molecule has 1 saturated heterocycles. The third kappa shape index (κ3) is 5.65. The van der Waals surface area contributed by atoms with Gasteiger partial charge in [0.2, 0.25) is 5.91 Å². The van der Waals surface area contributed by atoms with E-state index in [1.54, 1.807) is 42.5 Å². The van der Waals surface area contributed by atoms with E-state index in [2.05, 4.69) is 5.32 Å². The number of hydrogen-bond acceptors (Lipinski definition) is 6. The molecule has 4 rings (SSSR count). The van der Waals surface area contributed by atoms with Crippen molar-refractivity contribution < 1.29 is 29.0 Å². The molecule has 0 aromatic heterocycles. The number of aliphatic hydroxyl groups is 1. The molecule has 3 aromatic rings. The van der Waals surface area contributed by atoms with Crippen LogP contribution >= 0.6 is 0 Å². The molecule has 1 heterocycles. The van der Waals surface area contributed by atoms with Gasteiger partial charge in [0, 0.05) is 24.4 Å². The molecule has 2 N–H and O–H groups in total. The smallest absolute Gasteiger partial charge is 0.300 e. The van der Waals surface area contributed by atoms with Crippen LogP contribution in [0, 0.1) is 0 Å². The molecule has 39 heavy (non-hydrogen) atoms. The maximum Gasteiger partial charge on any atom is 0.300 e. The van der Waals surface area contributed by atoms with E-state index in [9.17, 15) is 19.5 Å². The van der Waals surface area contributed by atoms with Crippen LogP contribution in [0.2, 0.25) is 0 Å². The summed E-state index contributed by atoms with van der Waals surface area (Å²) in [5, 5.41) is 14.3. The Labute approximate surface area is 227 Å². The van der Waals surface area contributed by atoms with Gasteiger partial charge in [-0.1, -0.05) is 31.2 Å². The highest BCUT2D eigenvalue weighted by atomic mass is 16.5. The Bertz CT molecular complexity index is 1410. The van der Waals surface area contributed by atoms with Gasteiger partial charge in [-0.05, 0) is 67.8 Å². The molecule has 1 fully saturated rings. The van der Waals surface area contributed by atoms with Crippen LogP contribution < -0.4 is 19.7 Å². The largest absolute Gasteiger partial charge is 0.507 e. The van der Waals surface area contributed by atoms with Crippen LogP contribution in [0.3, 0.4) is 0 Å². The summed E-state index contributed by atoms with van der Waals surface area (Å²) in [6, 6.07) is 18.3. The lowest BCUT2D eigenvalue weighted by molar-refractivity contribution is -0.132. The summed E-state index contributed by atoms with van der Waals surface area (Å²) in [5.41, 5.74) is 3.02. The predicted octanol–water partition coefficient (Wildman–Crippen LogP) is 5.63. The summed E-state index contributed by atoms with van der Waals surface area (Å²) in [6.07, 6.45) is 0.828.